The molecular formula is C17H17FN2O. The van der Waals surface area contributed by atoms with Gasteiger partial charge in [-0.1, -0.05) is 18.2 Å². The summed E-state index contributed by atoms with van der Waals surface area (Å²) >= 11 is 0. The number of nitrogens with one attached hydrogen (secondary N) is 1. The minimum absolute atomic E-state index is 0.194. The van der Waals surface area contributed by atoms with E-state index in [4.69, 9.17) is 0 Å². The largest absolute Gasteiger partial charge is 0.347 e. The number of aryl methyl sites for hydroxylation is 1. The van der Waals surface area contributed by atoms with Gasteiger partial charge >= 0.3 is 0 Å². The van der Waals surface area contributed by atoms with Crippen molar-refractivity contribution in [2.24, 2.45) is 0 Å². The maximum Gasteiger partial charge on any atom is 0.244 e. The topological polar surface area (TPSA) is 42.0 Å². The van der Waals surface area contributed by atoms with Gasteiger partial charge in [0.05, 0.1) is 12.2 Å². The Morgan fingerprint density at radius 2 is 1.95 bits per heavy atom. The Labute approximate surface area is 123 Å². The summed E-state index contributed by atoms with van der Waals surface area (Å²) in [5.41, 5.74) is 3.33. The second kappa shape index (κ2) is 6.79. The molecule has 0 fully saturated rings. The van der Waals surface area contributed by atoms with Crippen molar-refractivity contribution in [2.75, 3.05) is 0 Å². The van der Waals surface area contributed by atoms with E-state index >= 15 is 0 Å². The van der Waals surface area contributed by atoms with E-state index in [2.05, 4.69) is 10.3 Å². The van der Waals surface area contributed by atoms with Crippen molar-refractivity contribution in [3.05, 3.63) is 71.3 Å². The Morgan fingerprint density at radius 3 is 2.62 bits per heavy atom. The minimum Gasteiger partial charge on any atom is -0.347 e. The normalized spacial score (nSPS) is 11.3. The molecule has 1 aromatic carbocycles. The van der Waals surface area contributed by atoms with E-state index < -0.39 is 0 Å². The van der Waals surface area contributed by atoms with Gasteiger partial charge < -0.3 is 5.32 Å². The third-order valence-corrected chi connectivity index (χ3v) is 3.04. The summed E-state index contributed by atoms with van der Waals surface area (Å²) < 4.78 is 12.8. The molecule has 0 saturated heterocycles. The van der Waals surface area contributed by atoms with Crippen LogP contribution in [0.1, 0.15) is 23.9 Å². The fourth-order valence-electron chi connectivity index (χ4n) is 1.92. The molecule has 2 aromatic rings. The van der Waals surface area contributed by atoms with Gasteiger partial charge in [0.25, 0.3) is 0 Å². The Kier molecular flexibility index (Phi) is 4.82. The second-order valence-corrected chi connectivity index (χ2v) is 4.82. The molecule has 0 atom stereocenters. The molecule has 3 nitrogen and oxygen atoms in total. The SMILES string of the molecule is CC(=CC(=O)NCc1cccc(C)n1)c1ccc(F)cc1. The fraction of sp³-hybridized carbons (Fsp3) is 0.176. The number of amides is 1. The average molecular weight is 284 g/mol. The van der Waals surface area contributed by atoms with E-state index in [9.17, 15) is 9.18 Å². The van der Waals surface area contributed by atoms with E-state index in [0.29, 0.717) is 6.54 Å². The van der Waals surface area contributed by atoms with Crippen LogP contribution in [0.25, 0.3) is 5.57 Å². The molecule has 2 rings (SSSR count). The van der Waals surface area contributed by atoms with Crippen LogP contribution in [0.15, 0.2) is 48.5 Å². The lowest BCUT2D eigenvalue weighted by Gasteiger charge is -2.05. The molecule has 1 amide bonds. The van der Waals surface area contributed by atoms with Crippen LogP contribution < -0.4 is 5.32 Å². The smallest absolute Gasteiger partial charge is 0.244 e. The summed E-state index contributed by atoms with van der Waals surface area (Å²) in [7, 11) is 0. The molecule has 0 radical (unpaired) electrons. The first kappa shape index (κ1) is 14.9. The first-order valence-electron chi connectivity index (χ1n) is 6.69. The number of carbonyl (C=O) groups is 1. The lowest BCUT2D eigenvalue weighted by atomic mass is 10.1. The Morgan fingerprint density at radius 1 is 1.24 bits per heavy atom. The summed E-state index contributed by atoms with van der Waals surface area (Å²) in [4.78, 5) is 16.2. The van der Waals surface area contributed by atoms with Crippen LogP contribution in [0.4, 0.5) is 4.39 Å². The number of hydrogen-bond donors (Lipinski definition) is 1. The summed E-state index contributed by atoms with van der Waals surface area (Å²) in [6.07, 6.45) is 1.50. The highest BCUT2D eigenvalue weighted by Gasteiger charge is 2.02. The number of benzene rings is 1. The molecule has 0 saturated carbocycles. The minimum atomic E-state index is -0.290. The predicted molar refractivity (Wildman–Crippen MR) is 80.9 cm³/mol. The van der Waals surface area contributed by atoms with E-state index in [-0.39, 0.29) is 11.7 Å². The number of nitrogens with zero attached hydrogens (tertiary/aromatic N) is 1. The third-order valence-electron chi connectivity index (χ3n) is 3.04. The number of carbonyl (C=O) groups excluding carboxylic acids is 1. The molecule has 21 heavy (non-hydrogen) atoms. The maximum atomic E-state index is 12.8. The molecule has 0 aliphatic heterocycles. The number of halogens is 1. The van der Waals surface area contributed by atoms with Crippen LogP contribution in [0.2, 0.25) is 0 Å². The van der Waals surface area contributed by atoms with E-state index in [1.807, 2.05) is 32.0 Å². The first-order chi connectivity index (χ1) is 10.0. The van der Waals surface area contributed by atoms with Gasteiger partial charge in [-0.15, -0.1) is 0 Å². The molecule has 0 aliphatic rings. The van der Waals surface area contributed by atoms with Crippen LogP contribution >= 0.6 is 0 Å². The highest BCUT2D eigenvalue weighted by atomic mass is 19.1. The molecule has 0 aliphatic carbocycles. The fourth-order valence-corrected chi connectivity index (χ4v) is 1.92. The van der Waals surface area contributed by atoms with Crippen LogP contribution in [0.3, 0.4) is 0 Å². The van der Waals surface area contributed by atoms with Crippen molar-refractivity contribution in [3.8, 4) is 0 Å². The highest BCUT2D eigenvalue weighted by Crippen LogP contribution is 2.13. The van der Waals surface area contributed by atoms with Crippen molar-refractivity contribution in [1.82, 2.24) is 10.3 Å². The van der Waals surface area contributed by atoms with Crippen molar-refractivity contribution in [3.63, 3.8) is 0 Å². The monoisotopic (exact) mass is 284 g/mol. The van der Waals surface area contributed by atoms with Gasteiger partial charge in [0.1, 0.15) is 5.82 Å². The van der Waals surface area contributed by atoms with Crippen molar-refractivity contribution in [2.45, 2.75) is 20.4 Å². The number of aromatic nitrogens is 1. The Balaban J connectivity index is 1.97. The summed E-state index contributed by atoms with van der Waals surface area (Å²) in [5.74, 6) is -0.485. The van der Waals surface area contributed by atoms with Gasteiger partial charge in [0, 0.05) is 11.8 Å². The van der Waals surface area contributed by atoms with E-state index in [1.54, 1.807) is 12.1 Å². The van der Waals surface area contributed by atoms with E-state index in [0.717, 1.165) is 22.5 Å². The molecule has 0 unspecified atom stereocenters. The lowest BCUT2D eigenvalue weighted by molar-refractivity contribution is -0.116. The van der Waals surface area contributed by atoms with Gasteiger partial charge in [-0.25, -0.2) is 4.39 Å². The second-order valence-electron chi connectivity index (χ2n) is 4.82. The van der Waals surface area contributed by atoms with Gasteiger partial charge in [-0.3, -0.25) is 9.78 Å². The molecule has 108 valence electrons. The summed E-state index contributed by atoms with van der Waals surface area (Å²) in [6.45, 7) is 4.11. The van der Waals surface area contributed by atoms with Crippen molar-refractivity contribution in [1.29, 1.82) is 0 Å². The lowest BCUT2D eigenvalue weighted by Crippen LogP contribution is -2.21. The maximum absolute atomic E-state index is 12.8. The van der Waals surface area contributed by atoms with E-state index in [1.165, 1.54) is 18.2 Å². The van der Waals surface area contributed by atoms with Gasteiger partial charge in [-0.2, -0.15) is 0 Å². The third kappa shape index (κ3) is 4.53. The molecule has 4 heteroatoms. The quantitative estimate of drug-likeness (QED) is 0.876. The molecule has 0 spiro atoms. The molecule has 1 heterocycles. The summed E-state index contributed by atoms with van der Waals surface area (Å²) in [6, 6.07) is 11.7. The number of hydrogen-bond acceptors (Lipinski definition) is 2. The van der Waals surface area contributed by atoms with Crippen LogP contribution in [0, 0.1) is 12.7 Å². The summed E-state index contributed by atoms with van der Waals surface area (Å²) in [5, 5.41) is 2.79. The predicted octanol–water partition coefficient (Wildman–Crippen LogP) is 3.25. The average Bonchev–Trinajstić information content (AvgIpc) is 2.46. The number of allylic oxidation sites excluding steroid dienone is 1. The zero-order valence-corrected chi connectivity index (χ0v) is 12.1. The Hall–Kier alpha value is -2.49. The molecule has 0 bridgehead atoms. The van der Waals surface area contributed by atoms with Gasteiger partial charge in [-0.05, 0) is 49.2 Å². The van der Waals surface area contributed by atoms with Crippen LogP contribution in [-0.4, -0.2) is 10.9 Å². The zero-order chi connectivity index (χ0) is 15.2. The van der Waals surface area contributed by atoms with Crippen molar-refractivity contribution < 1.29 is 9.18 Å². The first-order valence-corrected chi connectivity index (χ1v) is 6.69. The molecule has 1 N–H and O–H groups in total. The zero-order valence-electron chi connectivity index (χ0n) is 12.1. The van der Waals surface area contributed by atoms with Crippen LogP contribution in [-0.2, 0) is 11.3 Å². The number of pyridine rings is 1. The van der Waals surface area contributed by atoms with Crippen LogP contribution in [0.5, 0.6) is 0 Å². The van der Waals surface area contributed by atoms with Gasteiger partial charge in [0.15, 0.2) is 0 Å². The standard InChI is InChI=1S/C17H17FN2O/c1-12(14-6-8-15(18)9-7-14)10-17(21)19-11-16-5-3-4-13(2)20-16/h3-10H,11H2,1-2H3,(H,19,21). The molecular weight excluding hydrogens is 267 g/mol. The molecule has 1 aromatic heterocycles. The highest BCUT2D eigenvalue weighted by molar-refractivity contribution is 5.94. The Bertz CT molecular complexity index is 663. The van der Waals surface area contributed by atoms with Gasteiger partial charge in [0.2, 0.25) is 5.91 Å². The number of rotatable bonds is 4. The van der Waals surface area contributed by atoms with Crippen molar-refractivity contribution >= 4 is 11.5 Å².